The number of benzene rings is 2. The molecule has 4 heteroatoms. The van der Waals surface area contributed by atoms with Crippen molar-refractivity contribution in [2.45, 2.75) is 11.8 Å². The van der Waals surface area contributed by atoms with Crippen LogP contribution in [0.1, 0.15) is 11.1 Å². The lowest BCUT2D eigenvalue weighted by Crippen LogP contribution is -2.58. The Bertz CT molecular complexity index is 623. The second-order valence-corrected chi connectivity index (χ2v) is 6.63. The third kappa shape index (κ3) is 2.62. The minimum Gasteiger partial charge on any atom is -0.315 e. The maximum absolute atomic E-state index is 13.1. The van der Waals surface area contributed by atoms with Gasteiger partial charge in [-0.05, 0) is 41.8 Å². The van der Waals surface area contributed by atoms with Gasteiger partial charge in [-0.3, -0.25) is 0 Å². The number of nitrogens with one attached hydrogen (secondary N) is 1. The van der Waals surface area contributed by atoms with Crippen LogP contribution in [-0.2, 0) is 11.8 Å². The van der Waals surface area contributed by atoms with Crippen molar-refractivity contribution in [1.82, 2.24) is 5.32 Å². The smallest absolute Gasteiger partial charge is 0.123 e. The number of hydrogen-bond acceptors (Lipinski definition) is 1. The molecule has 2 aromatic rings. The molecule has 1 heterocycles. The van der Waals surface area contributed by atoms with Crippen molar-refractivity contribution in [3.05, 3.63) is 68.9 Å². The first-order valence-corrected chi connectivity index (χ1v) is 7.67. The van der Waals surface area contributed by atoms with E-state index < -0.39 is 0 Å². The quantitative estimate of drug-likeness (QED) is 0.865. The van der Waals surface area contributed by atoms with Gasteiger partial charge in [-0.25, -0.2) is 4.39 Å². The first-order valence-electron chi connectivity index (χ1n) is 6.50. The Morgan fingerprint density at radius 2 is 1.85 bits per heavy atom. The summed E-state index contributed by atoms with van der Waals surface area (Å²) in [6.07, 6.45) is 0.859. The number of rotatable bonds is 3. The van der Waals surface area contributed by atoms with Crippen LogP contribution in [0.3, 0.4) is 0 Å². The molecule has 0 saturated carbocycles. The summed E-state index contributed by atoms with van der Waals surface area (Å²) in [5.74, 6) is -0.196. The van der Waals surface area contributed by atoms with Gasteiger partial charge in [-0.15, -0.1) is 0 Å². The molecule has 0 amide bonds. The summed E-state index contributed by atoms with van der Waals surface area (Å²) >= 11 is 9.74. The molecule has 0 atom stereocenters. The molecule has 0 aliphatic carbocycles. The monoisotopic (exact) mass is 353 g/mol. The average Bonchev–Trinajstić information content (AvgIpc) is 2.37. The van der Waals surface area contributed by atoms with Gasteiger partial charge in [0.2, 0.25) is 0 Å². The second kappa shape index (κ2) is 5.47. The van der Waals surface area contributed by atoms with Crippen LogP contribution < -0.4 is 5.32 Å². The molecular weight excluding hydrogens is 341 g/mol. The molecule has 1 nitrogen and oxygen atoms in total. The minimum atomic E-state index is -0.196. The van der Waals surface area contributed by atoms with Gasteiger partial charge in [-0.2, -0.15) is 0 Å². The van der Waals surface area contributed by atoms with Crippen LogP contribution >= 0.6 is 27.5 Å². The summed E-state index contributed by atoms with van der Waals surface area (Å²) in [4.78, 5) is 0. The Morgan fingerprint density at radius 1 is 1.15 bits per heavy atom. The zero-order chi connectivity index (χ0) is 14.2. The third-order valence-electron chi connectivity index (χ3n) is 3.93. The molecule has 1 aliphatic rings. The van der Waals surface area contributed by atoms with Crippen LogP contribution in [0.5, 0.6) is 0 Å². The molecular formula is C16H14BrClFN. The van der Waals surface area contributed by atoms with E-state index in [4.69, 9.17) is 11.6 Å². The van der Waals surface area contributed by atoms with Crippen molar-refractivity contribution in [2.75, 3.05) is 13.1 Å². The zero-order valence-corrected chi connectivity index (χ0v) is 13.1. The standard InChI is InChI=1S/C16H14BrClFN/c17-13-4-1-11(15(18)7-13)8-16(9-20-10-16)12-2-5-14(19)6-3-12/h1-7,20H,8-10H2. The predicted octanol–water partition coefficient (Wildman–Crippen LogP) is 4.33. The molecule has 20 heavy (non-hydrogen) atoms. The molecule has 0 aromatic heterocycles. The minimum absolute atomic E-state index is 0.0190. The Kier molecular flexibility index (Phi) is 3.85. The van der Waals surface area contributed by atoms with Gasteiger partial charge in [0.25, 0.3) is 0 Å². The van der Waals surface area contributed by atoms with Gasteiger partial charge < -0.3 is 5.32 Å². The second-order valence-electron chi connectivity index (χ2n) is 5.30. The van der Waals surface area contributed by atoms with E-state index >= 15 is 0 Å². The lowest BCUT2D eigenvalue weighted by Gasteiger charge is -2.43. The highest BCUT2D eigenvalue weighted by Crippen LogP contribution is 2.35. The fourth-order valence-electron chi connectivity index (χ4n) is 2.69. The lowest BCUT2D eigenvalue weighted by atomic mass is 9.71. The van der Waals surface area contributed by atoms with E-state index in [9.17, 15) is 4.39 Å². The summed E-state index contributed by atoms with van der Waals surface area (Å²) in [6, 6.07) is 12.8. The van der Waals surface area contributed by atoms with Crippen molar-refractivity contribution in [2.24, 2.45) is 0 Å². The molecule has 1 N–H and O–H groups in total. The van der Waals surface area contributed by atoms with Gasteiger partial charge in [0.05, 0.1) is 0 Å². The topological polar surface area (TPSA) is 12.0 Å². The van der Waals surface area contributed by atoms with Gasteiger partial charge in [0, 0.05) is 28.0 Å². The van der Waals surface area contributed by atoms with Gasteiger partial charge >= 0.3 is 0 Å². The van der Waals surface area contributed by atoms with E-state index in [1.807, 2.05) is 24.3 Å². The van der Waals surface area contributed by atoms with Gasteiger partial charge in [-0.1, -0.05) is 45.7 Å². The van der Waals surface area contributed by atoms with Crippen molar-refractivity contribution < 1.29 is 4.39 Å². The lowest BCUT2D eigenvalue weighted by molar-refractivity contribution is 0.274. The van der Waals surface area contributed by atoms with Crippen molar-refractivity contribution in [3.63, 3.8) is 0 Å². The molecule has 2 aromatic carbocycles. The average molecular weight is 355 g/mol. The highest BCUT2D eigenvalue weighted by atomic mass is 79.9. The molecule has 1 fully saturated rings. The molecule has 0 spiro atoms. The summed E-state index contributed by atoms with van der Waals surface area (Å²) in [5.41, 5.74) is 2.31. The van der Waals surface area contributed by atoms with Crippen LogP contribution in [0.2, 0.25) is 5.02 Å². The van der Waals surface area contributed by atoms with Crippen LogP contribution in [-0.4, -0.2) is 13.1 Å². The molecule has 0 unspecified atom stereocenters. The first kappa shape index (κ1) is 14.1. The summed E-state index contributed by atoms with van der Waals surface area (Å²) in [5, 5.41) is 4.09. The summed E-state index contributed by atoms with van der Waals surface area (Å²) < 4.78 is 14.1. The van der Waals surface area contributed by atoms with Gasteiger partial charge in [0.15, 0.2) is 0 Å². The van der Waals surface area contributed by atoms with Crippen molar-refractivity contribution >= 4 is 27.5 Å². The van der Waals surface area contributed by atoms with Crippen LogP contribution in [0.15, 0.2) is 46.9 Å². The Morgan fingerprint density at radius 3 is 2.40 bits per heavy atom. The maximum atomic E-state index is 13.1. The Labute approximate surface area is 131 Å². The number of halogens is 3. The Balaban J connectivity index is 1.91. The normalized spacial score (nSPS) is 16.8. The van der Waals surface area contributed by atoms with Crippen LogP contribution in [0, 0.1) is 5.82 Å². The molecule has 0 bridgehead atoms. The summed E-state index contributed by atoms with van der Waals surface area (Å²) in [7, 11) is 0. The van der Waals surface area contributed by atoms with Crippen LogP contribution in [0.25, 0.3) is 0 Å². The fourth-order valence-corrected chi connectivity index (χ4v) is 3.43. The molecule has 1 aliphatic heterocycles. The van der Waals surface area contributed by atoms with E-state index in [0.717, 1.165) is 40.1 Å². The molecule has 0 radical (unpaired) electrons. The summed E-state index contributed by atoms with van der Waals surface area (Å²) in [6.45, 7) is 1.79. The van der Waals surface area contributed by atoms with Crippen LogP contribution in [0.4, 0.5) is 4.39 Å². The van der Waals surface area contributed by atoms with E-state index in [-0.39, 0.29) is 11.2 Å². The first-order chi connectivity index (χ1) is 9.59. The van der Waals surface area contributed by atoms with E-state index in [1.54, 1.807) is 0 Å². The zero-order valence-electron chi connectivity index (χ0n) is 10.8. The highest BCUT2D eigenvalue weighted by Gasteiger charge is 2.39. The molecule has 3 rings (SSSR count). The predicted molar refractivity (Wildman–Crippen MR) is 83.8 cm³/mol. The third-order valence-corrected chi connectivity index (χ3v) is 4.77. The SMILES string of the molecule is Fc1ccc(C2(Cc3ccc(Br)cc3Cl)CNC2)cc1. The Hall–Kier alpha value is -0.900. The van der Waals surface area contributed by atoms with Crippen molar-refractivity contribution in [3.8, 4) is 0 Å². The highest BCUT2D eigenvalue weighted by molar-refractivity contribution is 9.10. The van der Waals surface area contributed by atoms with E-state index in [1.165, 1.54) is 12.1 Å². The fraction of sp³-hybridized carbons (Fsp3) is 0.250. The van der Waals surface area contributed by atoms with Crippen molar-refractivity contribution in [1.29, 1.82) is 0 Å². The maximum Gasteiger partial charge on any atom is 0.123 e. The van der Waals surface area contributed by atoms with E-state index in [2.05, 4.69) is 27.3 Å². The molecule has 1 saturated heterocycles. The molecule has 104 valence electrons. The van der Waals surface area contributed by atoms with E-state index in [0.29, 0.717) is 0 Å². The number of hydrogen-bond donors (Lipinski definition) is 1. The largest absolute Gasteiger partial charge is 0.315 e. The van der Waals surface area contributed by atoms with Gasteiger partial charge in [0.1, 0.15) is 5.82 Å².